The van der Waals surface area contributed by atoms with Crippen LogP contribution in [0.1, 0.15) is 51.9 Å². The molecule has 0 N–H and O–H groups in total. The smallest absolute Gasteiger partial charge is 0.0145 e. The lowest BCUT2D eigenvalue weighted by Gasteiger charge is -2.06. The molecule has 1 atom stereocenters. The lowest BCUT2D eigenvalue weighted by molar-refractivity contribution is 0.606. The highest BCUT2D eigenvalue weighted by molar-refractivity contribution is 9.09. The lowest BCUT2D eigenvalue weighted by atomic mass is 10.1. The van der Waals surface area contributed by atoms with Crippen molar-refractivity contribution in [2.75, 3.05) is 0 Å². The molecule has 0 saturated carbocycles. The molecule has 1 radical (unpaired) electrons. The van der Waals surface area contributed by atoms with Crippen molar-refractivity contribution in [1.82, 2.24) is 0 Å². The standard InChI is InChI=1S/C10H20Br/c1-3-5-6-7-9-10(11)8-4-2/h10H,2-9H2,1H3. The molecule has 0 aliphatic rings. The minimum absolute atomic E-state index is 0.719. The fourth-order valence-electron chi connectivity index (χ4n) is 1.16. The van der Waals surface area contributed by atoms with Crippen LogP contribution in [0.2, 0.25) is 0 Å². The summed E-state index contributed by atoms with van der Waals surface area (Å²) in [7, 11) is 0. The van der Waals surface area contributed by atoms with Crippen LogP contribution in [0.5, 0.6) is 0 Å². The van der Waals surface area contributed by atoms with E-state index in [4.69, 9.17) is 0 Å². The van der Waals surface area contributed by atoms with E-state index in [1.165, 1.54) is 38.5 Å². The van der Waals surface area contributed by atoms with Gasteiger partial charge in [-0.25, -0.2) is 0 Å². The highest BCUT2D eigenvalue weighted by Crippen LogP contribution is 2.16. The topological polar surface area (TPSA) is 0 Å². The maximum atomic E-state index is 3.84. The van der Waals surface area contributed by atoms with Gasteiger partial charge in [-0.15, -0.1) is 0 Å². The van der Waals surface area contributed by atoms with Crippen molar-refractivity contribution < 1.29 is 0 Å². The number of rotatable bonds is 7. The number of unbranched alkanes of at least 4 members (excludes halogenated alkanes) is 3. The van der Waals surface area contributed by atoms with Crippen LogP contribution in [0.3, 0.4) is 0 Å². The maximum Gasteiger partial charge on any atom is 0.0145 e. The zero-order chi connectivity index (χ0) is 8.53. The van der Waals surface area contributed by atoms with Crippen LogP contribution in [-0.2, 0) is 0 Å². The lowest BCUT2D eigenvalue weighted by Crippen LogP contribution is -1.96. The van der Waals surface area contributed by atoms with Gasteiger partial charge in [0.1, 0.15) is 0 Å². The van der Waals surface area contributed by atoms with E-state index < -0.39 is 0 Å². The zero-order valence-electron chi connectivity index (χ0n) is 7.61. The van der Waals surface area contributed by atoms with Gasteiger partial charge in [-0.1, -0.05) is 61.9 Å². The fraction of sp³-hybridized carbons (Fsp3) is 0.900. The molecular weight excluding hydrogens is 200 g/mol. The Morgan fingerprint density at radius 1 is 1.18 bits per heavy atom. The molecule has 1 unspecified atom stereocenters. The van der Waals surface area contributed by atoms with Gasteiger partial charge in [0, 0.05) is 4.83 Å². The zero-order valence-corrected chi connectivity index (χ0v) is 9.20. The molecule has 0 aromatic carbocycles. The molecule has 67 valence electrons. The quantitative estimate of drug-likeness (QED) is 0.442. The summed E-state index contributed by atoms with van der Waals surface area (Å²) in [4.78, 5) is 0.719. The van der Waals surface area contributed by atoms with E-state index in [1.807, 2.05) is 0 Å². The highest BCUT2D eigenvalue weighted by atomic mass is 79.9. The average Bonchev–Trinajstić information content (AvgIpc) is 1.99. The minimum Gasteiger partial charge on any atom is -0.0891 e. The molecular formula is C10H20Br. The summed E-state index contributed by atoms with van der Waals surface area (Å²) in [5.41, 5.74) is 0. The Labute approximate surface area is 79.9 Å². The molecule has 11 heavy (non-hydrogen) atoms. The molecule has 0 aromatic heterocycles. The number of hydrogen-bond acceptors (Lipinski definition) is 0. The number of alkyl halides is 1. The fourth-order valence-corrected chi connectivity index (χ4v) is 1.81. The Hall–Kier alpha value is 0.480. The van der Waals surface area contributed by atoms with Crippen LogP contribution in [0.15, 0.2) is 0 Å². The first-order valence-corrected chi connectivity index (χ1v) is 5.66. The van der Waals surface area contributed by atoms with Gasteiger partial charge >= 0.3 is 0 Å². The van der Waals surface area contributed by atoms with E-state index in [2.05, 4.69) is 29.8 Å². The molecule has 0 saturated heterocycles. The third kappa shape index (κ3) is 8.39. The highest BCUT2D eigenvalue weighted by Gasteiger charge is 2.00. The molecule has 0 fully saturated rings. The molecule has 0 spiro atoms. The van der Waals surface area contributed by atoms with Gasteiger partial charge in [0.05, 0.1) is 0 Å². The van der Waals surface area contributed by atoms with Crippen LogP contribution < -0.4 is 0 Å². The maximum absolute atomic E-state index is 3.84. The predicted molar refractivity (Wildman–Crippen MR) is 56.1 cm³/mol. The third-order valence-electron chi connectivity index (χ3n) is 1.89. The van der Waals surface area contributed by atoms with E-state index in [9.17, 15) is 0 Å². The Morgan fingerprint density at radius 2 is 1.91 bits per heavy atom. The van der Waals surface area contributed by atoms with Crippen LogP contribution in [-0.4, -0.2) is 4.83 Å². The number of halogens is 1. The summed E-state index contributed by atoms with van der Waals surface area (Å²) in [5, 5.41) is 0. The summed E-state index contributed by atoms with van der Waals surface area (Å²) < 4.78 is 0. The first-order chi connectivity index (χ1) is 5.31. The predicted octanol–water partition coefficient (Wildman–Crippen LogP) is 4.33. The van der Waals surface area contributed by atoms with Crippen LogP contribution >= 0.6 is 15.9 Å². The van der Waals surface area contributed by atoms with E-state index in [-0.39, 0.29) is 0 Å². The molecule has 0 aliphatic heterocycles. The van der Waals surface area contributed by atoms with Crippen LogP contribution in [0.25, 0.3) is 0 Å². The summed E-state index contributed by atoms with van der Waals surface area (Å²) in [6, 6.07) is 0. The van der Waals surface area contributed by atoms with E-state index >= 15 is 0 Å². The molecule has 0 nitrogen and oxygen atoms in total. The van der Waals surface area contributed by atoms with Crippen molar-refractivity contribution >= 4 is 15.9 Å². The second-order valence-electron chi connectivity index (χ2n) is 3.09. The Morgan fingerprint density at radius 3 is 2.45 bits per heavy atom. The molecule has 0 rings (SSSR count). The second-order valence-corrected chi connectivity index (χ2v) is 4.38. The van der Waals surface area contributed by atoms with Gasteiger partial charge in [-0.05, 0) is 12.8 Å². The van der Waals surface area contributed by atoms with Crippen molar-refractivity contribution in [3.05, 3.63) is 6.92 Å². The van der Waals surface area contributed by atoms with Crippen molar-refractivity contribution in [3.8, 4) is 0 Å². The summed E-state index contributed by atoms with van der Waals surface area (Å²) in [5.74, 6) is 0. The van der Waals surface area contributed by atoms with Crippen LogP contribution in [0, 0.1) is 6.92 Å². The molecule has 0 heterocycles. The van der Waals surface area contributed by atoms with Crippen molar-refractivity contribution in [2.24, 2.45) is 0 Å². The normalized spacial score (nSPS) is 13.4. The monoisotopic (exact) mass is 219 g/mol. The van der Waals surface area contributed by atoms with Gasteiger partial charge in [-0.2, -0.15) is 0 Å². The van der Waals surface area contributed by atoms with Crippen molar-refractivity contribution in [1.29, 1.82) is 0 Å². The Kier molecular flexibility index (Phi) is 8.95. The summed E-state index contributed by atoms with van der Waals surface area (Å²) >= 11 is 3.65. The Balaban J connectivity index is 2.97. The molecule has 1 heteroatoms. The van der Waals surface area contributed by atoms with Gasteiger partial charge in [0.15, 0.2) is 0 Å². The molecule has 0 bridgehead atoms. The molecule has 0 aliphatic carbocycles. The second kappa shape index (κ2) is 8.58. The Bertz CT molecular complexity index is 71.3. The van der Waals surface area contributed by atoms with Gasteiger partial charge in [0.2, 0.25) is 0 Å². The number of hydrogen-bond donors (Lipinski definition) is 0. The van der Waals surface area contributed by atoms with E-state index in [1.54, 1.807) is 0 Å². The summed E-state index contributed by atoms with van der Waals surface area (Å²) in [6.45, 7) is 6.09. The third-order valence-corrected chi connectivity index (χ3v) is 2.80. The van der Waals surface area contributed by atoms with E-state index in [0.717, 1.165) is 11.2 Å². The van der Waals surface area contributed by atoms with Crippen molar-refractivity contribution in [2.45, 2.75) is 56.7 Å². The van der Waals surface area contributed by atoms with Crippen LogP contribution in [0.4, 0.5) is 0 Å². The van der Waals surface area contributed by atoms with Gasteiger partial charge in [-0.3, -0.25) is 0 Å². The van der Waals surface area contributed by atoms with Gasteiger partial charge < -0.3 is 0 Å². The first kappa shape index (κ1) is 11.5. The largest absolute Gasteiger partial charge is 0.0891 e. The molecule has 0 aromatic rings. The minimum atomic E-state index is 0.719. The average molecular weight is 220 g/mol. The van der Waals surface area contributed by atoms with Gasteiger partial charge in [0.25, 0.3) is 0 Å². The summed E-state index contributed by atoms with van der Waals surface area (Å²) in [6.07, 6.45) is 9.12. The molecule has 0 amide bonds. The SMILES string of the molecule is [CH2]CCC(Br)CCCCCC. The first-order valence-electron chi connectivity index (χ1n) is 4.74. The van der Waals surface area contributed by atoms with Crippen molar-refractivity contribution in [3.63, 3.8) is 0 Å². The van der Waals surface area contributed by atoms with E-state index in [0.29, 0.717) is 0 Å².